The van der Waals surface area contributed by atoms with Gasteiger partial charge >= 0.3 is 1.43 Å². The van der Waals surface area contributed by atoms with Crippen LogP contribution in [0.15, 0.2) is 206 Å². The largest absolute Gasteiger partial charge is 1.00 e. The first-order valence-corrected chi connectivity index (χ1v) is 15.4. The van der Waals surface area contributed by atoms with Gasteiger partial charge in [-0.3, -0.25) is 0 Å². The molecule has 7 rings (SSSR count). The van der Waals surface area contributed by atoms with Crippen molar-refractivity contribution in [1.82, 2.24) is 0 Å². The molecule has 0 heterocycles. The average Bonchev–Trinajstić information content (AvgIpc) is 3.12. The van der Waals surface area contributed by atoms with Gasteiger partial charge in [0, 0.05) is 0 Å². The number of hydrogen-bond donors (Lipinski definition) is 0. The predicted molar refractivity (Wildman–Crippen MR) is 189 cm³/mol. The SMILES string of the molecule is [H+].c1ccc([B-](c2ccccc2)(c2ccccc2)c2ccccc2C(c2ccccc2)(c2ccccc2)c2ccccc2)cc1. The van der Waals surface area contributed by atoms with Gasteiger partial charge in [-0.15, -0.1) is 0 Å². The molecule has 0 bridgehead atoms. The van der Waals surface area contributed by atoms with Gasteiger partial charge in [-0.2, -0.15) is 21.9 Å². The van der Waals surface area contributed by atoms with E-state index in [9.17, 15) is 0 Å². The molecule has 1 heteroatoms. The molecule has 0 saturated carbocycles. The van der Waals surface area contributed by atoms with Gasteiger partial charge in [0.15, 0.2) is 0 Å². The van der Waals surface area contributed by atoms with Crippen LogP contribution >= 0.6 is 0 Å². The molecule has 0 saturated heterocycles. The van der Waals surface area contributed by atoms with Gasteiger partial charge in [0.2, 0.25) is 0 Å². The lowest BCUT2D eigenvalue weighted by Crippen LogP contribution is -2.76. The summed E-state index contributed by atoms with van der Waals surface area (Å²) in [6, 6.07) is 75.6. The summed E-state index contributed by atoms with van der Waals surface area (Å²) in [4.78, 5) is 0. The van der Waals surface area contributed by atoms with Crippen LogP contribution in [0, 0.1) is 0 Å². The fourth-order valence-electron chi connectivity index (χ4n) is 7.59. The zero-order valence-corrected chi connectivity index (χ0v) is 24.7. The maximum Gasteiger partial charge on any atom is 1.00 e. The van der Waals surface area contributed by atoms with Gasteiger partial charge in [-0.25, -0.2) is 0 Å². The van der Waals surface area contributed by atoms with Crippen LogP contribution in [0.3, 0.4) is 0 Å². The highest BCUT2D eigenvalue weighted by atomic mass is 14.4. The molecule has 0 radical (unpaired) electrons. The van der Waals surface area contributed by atoms with E-state index in [2.05, 4.69) is 206 Å². The monoisotopic (exact) mass is 562 g/mol. The molecule has 0 spiro atoms. The molecule has 210 valence electrons. The Hall–Kier alpha value is -5.40. The van der Waals surface area contributed by atoms with Gasteiger partial charge in [-0.1, -0.05) is 212 Å². The highest BCUT2D eigenvalue weighted by Gasteiger charge is 2.42. The quantitative estimate of drug-likeness (QED) is 0.133. The Morgan fingerprint density at radius 1 is 0.295 bits per heavy atom. The zero-order valence-electron chi connectivity index (χ0n) is 25.7. The third-order valence-electron chi connectivity index (χ3n) is 9.35. The molecule has 0 aromatic heterocycles. The average molecular weight is 563 g/mol. The smallest absolute Gasteiger partial charge is 0.195 e. The molecular weight excluding hydrogens is 527 g/mol. The predicted octanol–water partition coefficient (Wildman–Crippen LogP) is 7.56. The van der Waals surface area contributed by atoms with Crippen molar-refractivity contribution in [2.75, 3.05) is 0 Å². The summed E-state index contributed by atoms with van der Waals surface area (Å²) in [5.74, 6) is 0. The van der Waals surface area contributed by atoms with Gasteiger partial charge in [0.05, 0.1) is 5.41 Å². The Labute approximate surface area is 262 Å². The van der Waals surface area contributed by atoms with E-state index in [0.717, 1.165) is 0 Å². The second kappa shape index (κ2) is 12.1. The summed E-state index contributed by atoms with van der Waals surface area (Å²) in [5, 5.41) is 0. The zero-order chi connectivity index (χ0) is 29.7. The van der Waals surface area contributed by atoms with Crippen molar-refractivity contribution in [3.05, 3.63) is 229 Å². The van der Waals surface area contributed by atoms with Crippen LogP contribution in [0.25, 0.3) is 0 Å². The molecule has 0 aliphatic heterocycles. The molecule has 0 N–H and O–H groups in total. The van der Waals surface area contributed by atoms with E-state index >= 15 is 0 Å². The highest BCUT2D eigenvalue weighted by molar-refractivity contribution is 7.20. The minimum Gasteiger partial charge on any atom is -0.195 e. The first-order valence-electron chi connectivity index (χ1n) is 15.4. The summed E-state index contributed by atoms with van der Waals surface area (Å²) in [6.07, 6.45) is -1.61. The molecule has 7 aromatic rings. The van der Waals surface area contributed by atoms with E-state index in [1.165, 1.54) is 44.1 Å². The van der Waals surface area contributed by atoms with Crippen LogP contribution in [0.1, 0.15) is 23.7 Å². The van der Waals surface area contributed by atoms with Crippen molar-refractivity contribution >= 4 is 28.0 Å². The Morgan fingerprint density at radius 2 is 0.568 bits per heavy atom. The second-order valence-corrected chi connectivity index (χ2v) is 11.5. The third-order valence-corrected chi connectivity index (χ3v) is 9.35. The summed E-state index contributed by atoms with van der Waals surface area (Å²) in [7, 11) is 0. The van der Waals surface area contributed by atoms with Gasteiger partial charge in [0.1, 0.15) is 6.15 Å². The van der Waals surface area contributed by atoms with E-state index in [4.69, 9.17) is 0 Å². The van der Waals surface area contributed by atoms with Gasteiger partial charge in [-0.05, 0) is 16.7 Å². The van der Waals surface area contributed by atoms with E-state index < -0.39 is 11.6 Å². The molecule has 0 nitrogen and oxygen atoms in total. The standard InChI is InChI=1S/C43H34B/c1-7-21-35(22-8-1)43(36-23-9-2-10-24-36,37-25-11-3-12-26-37)41-33-19-20-34-42(41)44(38-27-13-4-14-28-38,39-29-15-5-16-30-39)40-31-17-6-18-32-40/h1-34H/q-1/p+1. The number of benzene rings is 7. The third kappa shape index (κ3) is 4.50. The lowest BCUT2D eigenvalue weighted by Gasteiger charge is -2.49. The molecule has 0 unspecified atom stereocenters. The summed E-state index contributed by atoms with van der Waals surface area (Å²) in [6.45, 7) is 0. The van der Waals surface area contributed by atoms with Crippen molar-refractivity contribution in [3.8, 4) is 0 Å². The second-order valence-electron chi connectivity index (χ2n) is 11.5. The van der Waals surface area contributed by atoms with E-state index in [1.807, 2.05) is 0 Å². The first kappa shape index (κ1) is 27.4. The van der Waals surface area contributed by atoms with Crippen molar-refractivity contribution in [2.24, 2.45) is 0 Å². The fraction of sp³-hybridized carbons (Fsp3) is 0.0233. The molecule has 0 atom stereocenters. The molecule has 7 aromatic carbocycles. The minimum absolute atomic E-state index is 0. The summed E-state index contributed by atoms with van der Waals surface area (Å²) < 4.78 is 0. The topological polar surface area (TPSA) is 0 Å². The van der Waals surface area contributed by atoms with E-state index in [1.54, 1.807) is 0 Å². The molecule has 44 heavy (non-hydrogen) atoms. The first-order chi connectivity index (χ1) is 21.9. The van der Waals surface area contributed by atoms with Crippen LogP contribution in [-0.4, -0.2) is 6.15 Å². The minimum atomic E-state index is -1.61. The Kier molecular flexibility index (Phi) is 7.53. The molecule has 0 fully saturated rings. The van der Waals surface area contributed by atoms with Crippen LogP contribution < -0.4 is 21.9 Å². The number of hydrogen-bond acceptors (Lipinski definition) is 0. The van der Waals surface area contributed by atoms with Crippen LogP contribution in [0.4, 0.5) is 0 Å². The lowest BCUT2D eigenvalue weighted by molar-refractivity contribution is 0.750. The van der Waals surface area contributed by atoms with Crippen molar-refractivity contribution < 1.29 is 1.43 Å². The van der Waals surface area contributed by atoms with Crippen molar-refractivity contribution in [1.29, 1.82) is 0 Å². The maximum absolute atomic E-state index is 2.38. The molecule has 0 amide bonds. The van der Waals surface area contributed by atoms with Gasteiger partial charge < -0.3 is 0 Å². The fourth-order valence-corrected chi connectivity index (χ4v) is 7.59. The normalized spacial score (nSPS) is 11.6. The van der Waals surface area contributed by atoms with Crippen LogP contribution in [0.2, 0.25) is 0 Å². The van der Waals surface area contributed by atoms with Crippen molar-refractivity contribution in [3.63, 3.8) is 0 Å². The van der Waals surface area contributed by atoms with E-state index in [-0.39, 0.29) is 1.43 Å². The Morgan fingerprint density at radius 3 is 0.909 bits per heavy atom. The van der Waals surface area contributed by atoms with Crippen molar-refractivity contribution in [2.45, 2.75) is 5.41 Å². The van der Waals surface area contributed by atoms with Crippen LogP contribution in [-0.2, 0) is 5.41 Å². The Balaban J connectivity index is 0.00000357. The highest BCUT2D eigenvalue weighted by Crippen LogP contribution is 2.44. The summed E-state index contributed by atoms with van der Waals surface area (Å²) in [5.41, 5.74) is 9.61. The van der Waals surface area contributed by atoms with E-state index in [0.29, 0.717) is 0 Å². The molecule has 0 aliphatic rings. The molecular formula is C43H35B. The Bertz CT molecular complexity index is 1590. The molecule has 0 aliphatic carbocycles. The van der Waals surface area contributed by atoms with Crippen LogP contribution in [0.5, 0.6) is 0 Å². The maximum atomic E-state index is 2.38. The number of rotatable bonds is 8. The summed E-state index contributed by atoms with van der Waals surface area (Å²) >= 11 is 0. The van der Waals surface area contributed by atoms with Gasteiger partial charge in [0.25, 0.3) is 0 Å². The lowest BCUT2D eigenvalue weighted by atomic mass is 9.12.